The van der Waals surface area contributed by atoms with Crippen molar-refractivity contribution in [2.24, 2.45) is 11.5 Å². The number of unbranched alkanes of at least 4 members (excludes halogenated alkanes) is 1. The van der Waals surface area contributed by atoms with E-state index in [1.807, 2.05) is 31.2 Å². The van der Waals surface area contributed by atoms with Gasteiger partial charge in [0.15, 0.2) is 0 Å². The molecule has 1 amide bonds. The maximum absolute atomic E-state index is 14.0. The van der Waals surface area contributed by atoms with Crippen molar-refractivity contribution in [1.29, 1.82) is 0 Å². The van der Waals surface area contributed by atoms with Crippen LogP contribution in [0, 0.1) is 6.92 Å². The Morgan fingerprint density at radius 3 is 2.52 bits per heavy atom. The number of carbonyl (C=O) groups is 1. The van der Waals surface area contributed by atoms with Crippen LogP contribution in [-0.4, -0.2) is 80.0 Å². The molecule has 2 aliphatic rings. The Morgan fingerprint density at radius 2 is 1.80 bits per heavy atom. The molecule has 0 bridgehead atoms. The molecule has 1 saturated carbocycles. The Balaban J connectivity index is 1.29. The summed E-state index contributed by atoms with van der Waals surface area (Å²) in [5.74, 6) is 0.344. The smallest absolute Gasteiger partial charge is 0.243 e. The third-order valence-electron chi connectivity index (χ3n) is 9.01. The highest BCUT2D eigenvalue weighted by Gasteiger charge is 2.47. The van der Waals surface area contributed by atoms with Crippen molar-refractivity contribution < 1.29 is 17.9 Å². The molecule has 0 spiro atoms. The van der Waals surface area contributed by atoms with E-state index in [0.717, 1.165) is 49.7 Å². The summed E-state index contributed by atoms with van der Waals surface area (Å²) in [5.41, 5.74) is 12.6. The fraction of sp³-hybridized carbons (Fsp3) is 0.515. The van der Waals surface area contributed by atoms with Crippen LogP contribution < -0.4 is 20.9 Å². The van der Waals surface area contributed by atoms with Gasteiger partial charge < -0.3 is 21.1 Å². The molecule has 250 valence electrons. The summed E-state index contributed by atoms with van der Waals surface area (Å²) < 4.78 is 36.8. The molecule has 1 aliphatic heterocycles. The number of hydrogen-bond acceptors (Lipinski definition) is 8. The van der Waals surface area contributed by atoms with E-state index in [2.05, 4.69) is 14.6 Å². The van der Waals surface area contributed by atoms with E-state index in [9.17, 15) is 13.2 Å². The zero-order valence-corrected chi connectivity index (χ0v) is 28.6. The molecule has 5 N–H and O–H groups in total. The first kappa shape index (κ1) is 34.8. The second kappa shape index (κ2) is 15.1. The first-order chi connectivity index (χ1) is 22.0. The van der Waals surface area contributed by atoms with Gasteiger partial charge in [-0.05, 0) is 63.4 Å². The molecule has 1 aromatic heterocycles. The first-order valence-electron chi connectivity index (χ1n) is 16.0. The first-order valence-corrected chi connectivity index (χ1v) is 18.2. The Kier molecular flexibility index (Phi) is 11.5. The minimum atomic E-state index is -4.21. The molecule has 0 unspecified atom stereocenters. The normalized spacial score (nSPS) is 17.8. The van der Waals surface area contributed by atoms with E-state index in [1.54, 1.807) is 11.0 Å². The van der Waals surface area contributed by atoms with E-state index in [4.69, 9.17) is 39.4 Å². The number of benzene rings is 2. The summed E-state index contributed by atoms with van der Waals surface area (Å²) >= 11 is 13.3. The number of ether oxygens (including phenoxy) is 1. The quantitative estimate of drug-likeness (QED) is 0.221. The lowest BCUT2D eigenvalue weighted by Gasteiger charge is -2.40. The zero-order chi connectivity index (χ0) is 32.9. The summed E-state index contributed by atoms with van der Waals surface area (Å²) in [5, 5.41) is 1.15. The SMILES string of the molecule is Cc1ccc2cccc(OCc3c(Cl)ccc(S(=O)(=O)NC4(C(=O)N5CCN(C[C@H](N)CCCCN)CC5)CCCC4)c3Cl)c2n1. The van der Waals surface area contributed by atoms with Crippen molar-refractivity contribution in [2.45, 2.75) is 75.0 Å². The molecule has 10 nitrogen and oxygen atoms in total. The third kappa shape index (κ3) is 7.95. The van der Waals surface area contributed by atoms with Crippen LogP contribution in [0.15, 0.2) is 47.4 Å². The highest BCUT2D eigenvalue weighted by Crippen LogP contribution is 2.37. The molecule has 5 rings (SSSR count). The lowest BCUT2D eigenvalue weighted by Crippen LogP contribution is -2.61. The molecule has 2 heterocycles. The number of amides is 1. The number of halogens is 2. The number of nitrogens with one attached hydrogen (secondary N) is 1. The molecular weight excluding hydrogens is 647 g/mol. The fourth-order valence-corrected chi connectivity index (χ4v) is 8.77. The molecule has 2 fully saturated rings. The van der Waals surface area contributed by atoms with Gasteiger partial charge in [-0.1, -0.05) is 60.7 Å². The summed E-state index contributed by atoms with van der Waals surface area (Å²) in [6.45, 7) is 5.68. The number of sulfonamides is 1. The van der Waals surface area contributed by atoms with Crippen LogP contribution >= 0.6 is 23.2 Å². The minimum Gasteiger partial charge on any atom is -0.487 e. The zero-order valence-electron chi connectivity index (χ0n) is 26.3. The molecule has 46 heavy (non-hydrogen) atoms. The number of fused-ring (bicyclic) bond motifs is 1. The van der Waals surface area contributed by atoms with Crippen molar-refractivity contribution in [1.82, 2.24) is 19.5 Å². The van der Waals surface area contributed by atoms with Crippen LogP contribution in [0.3, 0.4) is 0 Å². The number of pyridine rings is 1. The summed E-state index contributed by atoms with van der Waals surface area (Å²) in [6.07, 6.45) is 5.23. The fourth-order valence-electron chi connectivity index (χ4n) is 6.46. The highest BCUT2D eigenvalue weighted by molar-refractivity contribution is 7.89. The van der Waals surface area contributed by atoms with Gasteiger partial charge in [-0.3, -0.25) is 9.69 Å². The lowest BCUT2D eigenvalue weighted by molar-refractivity contribution is -0.139. The van der Waals surface area contributed by atoms with Crippen LogP contribution in [0.5, 0.6) is 5.75 Å². The molecule has 2 aromatic carbocycles. The molecule has 1 saturated heterocycles. The number of carbonyl (C=O) groups excluding carboxylic acids is 1. The van der Waals surface area contributed by atoms with Gasteiger partial charge in [0, 0.05) is 60.4 Å². The van der Waals surface area contributed by atoms with Crippen molar-refractivity contribution in [3.05, 3.63) is 63.8 Å². The van der Waals surface area contributed by atoms with E-state index < -0.39 is 15.6 Å². The van der Waals surface area contributed by atoms with Gasteiger partial charge in [-0.2, -0.15) is 4.72 Å². The highest BCUT2D eigenvalue weighted by atomic mass is 35.5. The molecule has 1 aliphatic carbocycles. The van der Waals surface area contributed by atoms with Gasteiger partial charge in [-0.25, -0.2) is 13.4 Å². The Hall–Kier alpha value is -2.51. The monoisotopic (exact) mass is 690 g/mol. The van der Waals surface area contributed by atoms with Crippen molar-refractivity contribution in [2.75, 3.05) is 39.3 Å². The van der Waals surface area contributed by atoms with E-state index in [0.29, 0.717) is 62.4 Å². The van der Waals surface area contributed by atoms with Gasteiger partial charge in [0.1, 0.15) is 28.3 Å². The molecular formula is C33H44Cl2N6O4S. The number of para-hydroxylation sites is 1. The Morgan fingerprint density at radius 1 is 1.07 bits per heavy atom. The average molecular weight is 692 g/mol. The standard InChI is InChI=1S/C33H44Cl2N6O4S/c1-23-10-11-24-7-6-9-28(31(24)38-23)45-22-26-27(34)12-13-29(30(26)35)46(43,44)39-33(14-3-4-15-33)32(42)41-19-17-40(18-20-41)21-25(37)8-2-5-16-36/h6-7,9-13,25,39H,2-5,8,14-22,36-37H2,1H3/t25-/m1/s1. The van der Waals surface area contributed by atoms with Crippen LogP contribution in [0.1, 0.15) is 56.2 Å². The number of piperazine rings is 1. The van der Waals surface area contributed by atoms with Crippen LogP contribution in [0.4, 0.5) is 0 Å². The maximum atomic E-state index is 14.0. The second-order valence-corrected chi connectivity index (χ2v) is 14.9. The predicted octanol–water partition coefficient (Wildman–Crippen LogP) is 4.62. The summed E-state index contributed by atoms with van der Waals surface area (Å²) in [7, 11) is -4.21. The Bertz CT molecular complexity index is 1640. The minimum absolute atomic E-state index is 0.0404. The largest absolute Gasteiger partial charge is 0.487 e. The third-order valence-corrected chi connectivity index (χ3v) is 11.5. The number of nitrogens with zero attached hydrogens (tertiary/aromatic N) is 3. The summed E-state index contributed by atoms with van der Waals surface area (Å²) in [4.78, 5) is 22.5. The molecule has 3 aromatic rings. The number of hydrogen-bond donors (Lipinski definition) is 3. The van der Waals surface area contributed by atoms with Gasteiger partial charge in [0.2, 0.25) is 15.9 Å². The van der Waals surface area contributed by atoms with Gasteiger partial charge >= 0.3 is 0 Å². The van der Waals surface area contributed by atoms with Crippen molar-refractivity contribution >= 4 is 50.0 Å². The number of aromatic nitrogens is 1. The number of nitrogens with two attached hydrogens (primary N) is 2. The van der Waals surface area contributed by atoms with Gasteiger partial charge in [-0.15, -0.1) is 0 Å². The van der Waals surface area contributed by atoms with Crippen LogP contribution in [0.25, 0.3) is 10.9 Å². The molecule has 13 heteroatoms. The predicted molar refractivity (Wildman–Crippen MR) is 183 cm³/mol. The summed E-state index contributed by atoms with van der Waals surface area (Å²) in [6, 6.07) is 12.4. The maximum Gasteiger partial charge on any atom is 0.243 e. The number of rotatable bonds is 13. The number of aryl methyl sites for hydroxylation is 1. The Labute approximate surface area is 281 Å². The average Bonchev–Trinajstić information content (AvgIpc) is 3.50. The van der Waals surface area contributed by atoms with Crippen molar-refractivity contribution in [3.63, 3.8) is 0 Å². The lowest BCUT2D eigenvalue weighted by atomic mass is 9.96. The van der Waals surface area contributed by atoms with Gasteiger partial charge in [0.25, 0.3) is 0 Å². The van der Waals surface area contributed by atoms with Gasteiger partial charge in [0.05, 0.1) is 5.02 Å². The molecule has 1 atom stereocenters. The second-order valence-electron chi connectivity index (χ2n) is 12.4. The van der Waals surface area contributed by atoms with Crippen molar-refractivity contribution in [3.8, 4) is 5.75 Å². The van der Waals surface area contributed by atoms with Crippen LogP contribution in [0.2, 0.25) is 10.0 Å². The van der Waals surface area contributed by atoms with E-state index >= 15 is 0 Å². The van der Waals surface area contributed by atoms with E-state index in [1.165, 1.54) is 12.1 Å². The van der Waals surface area contributed by atoms with E-state index in [-0.39, 0.29) is 33.5 Å². The topological polar surface area (TPSA) is 144 Å². The van der Waals surface area contributed by atoms with Crippen LogP contribution in [-0.2, 0) is 21.4 Å². The molecule has 0 radical (unpaired) electrons.